The summed E-state index contributed by atoms with van der Waals surface area (Å²) in [5.74, 6) is -2.45. The highest BCUT2D eigenvalue weighted by molar-refractivity contribution is 7.89. The van der Waals surface area contributed by atoms with Crippen LogP contribution in [0.5, 0.6) is 0 Å². The number of ether oxygens (including phenoxy) is 1. The van der Waals surface area contributed by atoms with Gasteiger partial charge >= 0.3 is 5.97 Å². The van der Waals surface area contributed by atoms with Crippen LogP contribution in [-0.2, 0) is 28.8 Å². The van der Waals surface area contributed by atoms with Crippen molar-refractivity contribution in [2.45, 2.75) is 82.6 Å². The zero-order valence-electron chi connectivity index (χ0n) is 31.7. The number of ketones is 1. The van der Waals surface area contributed by atoms with Gasteiger partial charge in [-0.3, -0.25) is 14.4 Å². The van der Waals surface area contributed by atoms with E-state index in [1.54, 1.807) is 22.8 Å². The lowest BCUT2D eigenvalue weighted by molar-refractivity contribution is -0.142. The summed E-state index contributed by atoms with van der Waals surface area (Å²) < 4.78 is 65.3. The number of nitrogens with zero attached hydrogens (tertiary/aromatic N) is 1. The molecule has 0 saturated heterocycles. The van der Waals surface area contributed by atoms with Gasteiger partial charge in [0.25, 0.3) is 5.91 Å². The normalized spacial score (nSPS) is 13.0. The molecular formula is C40H47F2N3O7SSi. The number of aromatic nitrogens is 1. The van der Waals surface area contributed by atoms with E-state index in [9.17, 15) is 31.6 Å². The van der Waals surface area contributed by atoms with Crippen LogP contribution in [0, 0.1) is 11.6 Å². The average molecular weight is 780 g/mol. The van der Waals surface area contributed by atoms with Crippen molar-refractivity contribution < 1.29 is 40.7 Å². The molecule has 1 heterocycles. The highest BCUT2D eigenvalue weighted by atomic mass is 32.2. The number of amides is 1. The highest BCUT2D eigenvalue weighted by Gasteiger charge is 2.40. The number of methoxy groups -OCH3 is 1. The number of hydrogen-bond donors (Lipinski definition) is 2. The number of halogens is 2. The summed E-state index contributed by atoms with van der Waals surface area (Å²) in [6.45, 7) is 13.9. The van der Waals surface area contributed by atoms with Crippen LogP contribution in [-0.4, -0.2) is 52.2 Å². The van der Waals surface area contributed by atoms with Crippen molar-refractivity contribution in [3.63, 3.8) is 0 Å². The molecule has 1 unspecified atom stereocenters. The minimum Gasteiger partial charge on any atom is -0.469 e. The lowest BCUT2D eigenvalue weighted by Crippen LogP contribution is -2.44. The molecule has 14 heteroatoms. The quantitative estimate of drug-likeness (QED) is 0.0741. The number of primary sulfonamides is 1. The highest BCUT2D eigenvalue weighted by Crippen LogP contribution is 2.43. The zero-order chi connectivity index (χ0) is 40.2. The number of carbonyl (C=O) groups is 3. The molecule has 4 aromatic rings. The summed E-state index contributed by atoms with van der Waals surface area (Å²) in [6.07, 6.45) is 1.94. The Kier molecular flexibility index (Phi) is 13.0. The van der Waals surface area contributed by atoms with Gasteiger partial charge in [-0.25, -0.2) is 22.3 Å². The summed E-state index contributed by atoms with van der Waals surface area (Å²) >= 11 is 0. The number of nitrogens with two attached hydrogens (primary N) is 1. The third kappa shape index (κ3) is 10.1. The van der Waals surface area contributed by atoms with Gasteiger partial charge in [0.15, 0.2) is 14.1 Å². The number of hydrogen-bond acceptors (Lipinski definition) is 7. The molecule has 10 nitrogen and oxygen atoms in total. The van der Waals surface area contributed by atoms with Gasteiger partial charge in [-0.2, -0.15) is 0 Å². The topological polar surface area (TPSA) is 147 Å². The Bertz CT molecular complexity index is 2140. The minimum absolute atomic E-state index is 0.122. The first-order chi connectivity index (χ1) is 25.1. The number of benzene rings is 3. The summed E-state index contributed by atoms with van der Waals surface area (Å²) in [5.41, 5.74) is 2.66. The molecule has 288 valence electrons. The van der Waals surface area contributed by atoms with Crippen LogP contribution in [0.1, 0.15) is 69.7 Å². The van der Waals surface area contributed by atoms with E-state index in [0.717, 1.165) is 0 Å². The fourth-order valence-electron chi connectivity index (χ4n) is 5.74. The second kappa shape index (κ2) is 16.7. The predicted molar refractivity (Wildman–Crippen MR) is 209 cm³/mol. The monoisotopic (exact) mass is 779 g/mol. The van der Waals surface area contributed by atoms with Crippen molar-refractivity contribution in [1.29, 1.82) is 0 Å². The van der Waals surface area contributed by atoms with Crippen LogP contribution >= 0.6 is 0 Å². The van der Waals surface area contributed by atoms with Crippen LogP contribution in [0.25, 0.3) is 28.3 Å². The first-order valence-electron chi connectivity index (χ1n) is 17.3. The fraction of sp³-hybridized carbons (Fsp3) is 0.325. The van der Waals surface area contributed by atoms with E-state index >= 15 is 0 Å². The van der Waals surface area contributed by atoms with Gasteiger partial charge < -0.3 is 19.0 Å². The van der Waals surface area contributed by atoms with Crippen LogP contribution in [0.4, 0.5) is 14.5 Å². The second-order valence-corrected chi connectivity index (χ2v) is 21.1. The molecule has 0 saturated carbocycles. The van der Waals surface area contributed by atoms with Crippen LogP contribution in [0.2, 0.25) is 18.1 Å². The largest absolute Gasteiger partial charge is 0.469 e. The van der Waals surface area contributed by atoms with Gasteiger partial charge in [-0.05, 0) is 104 Å². The molecule has 1 atom stereocenters. The summed E-state index contributed by atoms with van der Waals surface area (Å²) in [5, 5.41) is 7.89. The van der Waals surface area contributed by atoms with E-state index in [1.165, 1.54) is 73.8 Å². The molecule has 0 aliphatic rings. The third-order valence-electron chi connectivity index (χ3n) is 9.43. The average Bonchev–Trinajstić information content (AvgIpc) is 3.42. The van der Waals surface area contributed by atoms with Gasteiger partial charge in [0.05, 0.1) is 30.2 Å². The number of nitrogens with one attached hydrogen (secondary N) is 1. The number of anilines is 1. The van der Waals surface area contributed by atoms with Gasteiger partial charge in [0, 0.05) is 29.3 Å². The lowest BCUT2D eigenvalue weighted by atomic mass is 9.94. The molecular weight excluding hydrogens is 733 g/mol. The molecule has 0 aliphatic carbocycles. The van der Waals surface area contributed by atoms with Crippen molar-refractivity contribution in [2.75, 3.05) is 12.4 Å². The zero-order valence-corrected chi connectivity index (χ0v) is 33.5. The van der Waals surface area contributed by atoms with Gasteiger partial charge in [-0.15, -0.1) is 0 Å². The number of allylic oxidation sites excluding steroid dienone is 1. The molecule has 0 aliphatic heterocycles. The van der Waals surface area contributed by atoms with Crippen molar-refractivity contribution in [3.8, 4) is 22.3 Å². The molecule has 4 rings (SSSR count). The second-order valence-electron chi connectivity index (χ2n) is 14.8. The Morgan fingerprint density at radius 3 is 1.85 bits per heavy atom. The minimum atomic E-state index is -3.98. The Balaban J connectivity index is 1.92. The number of esters is 1. The van der Waals surface area contributed by atoms with E-state index < -0.39 is 54.0 Å². The Morgan fingerprint density at radius 2 is 1.39 bits per heavy atom. The number of rotatable bonds is 14. The van der Waals surface area contributed by atoms with E-state index in [1.807, 2.05) is 26.9 Å². The fourth-order valence-corrected chi connectivity index (χ4v) is 7.61. The molecule has 0 fully saturated rings. The standard InChI is InChI=1S/C40H47F2N3O7SSi/c1-25(2)45-34(22-19-31(46)23-32(24-35(47)51-6)52-54(7,8)40(3,4)5)36(26-9-13-28(41)14-10-26)37(27-11-15-29(42)16-12-27)38(45)39(48)44-30-17-20-33(21-18-30)53(43,49)50/h9-22,25,32H,23-24H2,1-8H3,(H,44,48)(H2,43,49,50). The molecule has 54 heavy (non-hydrogen) atoms. The van der Waals surface area contributed by atoms with E-state index in [2.05, 4.69) is 26.1 Å². The van der Waals surface area contributed by atoms with Crippen molar-refractivity contribution >= 4 is 47.8 Å². The Morgan fingerprint density at radius 1 is 0.870 bits per heavy atom. The van der Waals surface area contributed by atoms with Crippen molar-refractivity contribution in [3.05, 3.63) is 102 Å². The van der Waals surface area contributed by atoms with E-state index in [4.69, 9.17) is 14.3 Å². The maximum atomic E-state index is 14.4. The van der Waals surface area contributed by atoms with Crippen molar-refractivity contribution in [1.82, 2.24) is 4.57 Å². The van der Waals surface area contributed by atoms with Crippen molar-refractivity contribution in [2.24, 2.45) is 5.14 Å². The maximum absolute atomic E-state index is 14.4. The summed E-state index contributed by atoms with van der Waals surface area (Å²) in [7, 11) is -5.12. The lowest BCUT2D eigenvalue weighted by Gasteiger charge is -2.39. The van der Waals surface area contributed by atoms with Gasteiger partial charge in [-0.1, -0.05) is 45.0 Å². The first-order valence-corrected chi connectivity index (χ1v) is 21.8. The molecule has 1 amide bonds. The van der Waals surface area contributed by atoms with Crippen LogP contribution in [0.15, 0.2) is 83.8 Å². The maximum Gasteiger partial charge on any atom is 0.308 e. The molecule has 3 aromatic carbocycles. The molecule has 3 N–H and O–H groups in total. The SMILES string of the molecule is COC(=O)CC(CC(=O)C=Cc1c(-c2ccc(F)cc2)c(-c2ccc(F)cc2)c(C(=O)Nc2ccc(S(N)(=O)=O)cc2)n1C(C)C)O[Si](C)(C)C(C)(C)C. The molecule has 0 radical (unpaired) electrons. The third-order valence-corrected chi connectivity index (χ3v) is 14.9. The van der Waals surface area contributed by atoms with Gasteiger partial charge in [0.1, 0.15) is 17.3 Å². The summed E-state index contributed by atoms with van der Waals surface area (Å²) in [6, 6.07) is 16.1. The molecule has 0 bridgehead atoms. The molecule has 1 aromatic heterocycles. The number of sulfonamides is 1. The van der Waals surface area contributed by atoms with Crippen LogP contribution < -0.4 is 10.5 Å². The number of carbonyl (C=O) groups excluding carboxylic acids is 3. The van der Waals surface area contributed by atoms with E-state index in [-0.39, 0.29) is 39.9 Å². The van der Waals surface area contributed by atoms with E-state index in [0.29, 0.717) is 27.9 Å². The predicted octanol–water partition coefficient (Wildman–Crippen LogP) is 8.51. The Labute approximate surface area is 316 Å². The molecule has 0 spiro atoms. The van der Waals surface area contributed by atoms with Crippen LogP contribution in [0.3, 0.4) is 0 Å². The summed E-state index contributed by atoms with van der Waals surface area (Å²) in [4.78, 5) is 40.4. The Hall–Kier alpha value is -4.76. The smallest absolute Gasteiger partial charge is 0.308 e. The first kappa shape index (κ1) is 42.0. The van der Waals surface area contributed by atoms with Gasteiger partial charge in [0.2, 0.25) is 10.0 Å².